The zero-order chi connectivity index (χ0) is 26.0. The van der Waals surface area contributed by atoms with Crippen LogP contribution in [0.1, 0.15) is 11.7 Å². The van der Waals surface area contributed by atoms with E-state index in [1.807, 2.05) is 0 Å². The Morgan fingerprint density at radius 1 is 1.08 bits per heavy atom. The average molecular weight is 518 g/mol. The zero-order valence-electron chi connectivity index (χ0n) is 20.3. The Labute approximate surface area is 212 Å². The van der Waals surface area contributed by atoms with Crippen molar-refractivity contribution in [2.45, 2.75) is 17.7 Å². The third-order valence-corrected chi connectivity index (χ3v) is 7.45. The molecule has 0 spiro atoms. The van der Waals surface area contributed by atoms with Crippen molar-refractivity contribution in [2.75, 3.05) is 39.4 Å². The molecule has 2 aromatic carbocycles. The number of halogens is 1. The van der Waals surface area contributed by atoms with E-state index in [-0.39, 0.29) is 23.4 Å². The van der Waals surface area contributed by atoms with Gasteiger partial charge < -0.3 is 19.7 Å². The summed E-state index contributed by atoms with van der Waals surface area (Å²) in [5.41, 5.74) is 1.23. The number of hydrogen-bond acceptors (Lipinski definition) is 8. The highest BCUT2D eigenvalue weighted by atomic mass is 32.2. The van der Waals surface area contributed by atoms with Crippen LogP contribution < -0.4 is 25.4 Å². The number of methoxy groups -OCH3 is 2. The molecule has 0 radical (unpaired) electrons. The second-order valence-electron chi connectivity index (χ2n) is 8.43. The van der Waals surface area contributed by atoms with Crippen LogP contribution in [0.15, 0.2) is 42.5 Å². The smallest absolute Gasteiger partial charge is 0.327 e. The molecule has 36 heavy (non-hydrogen) atoms. The van der Waals surface area contributed by atoms with Crippen LogP contribution in [0, 0.1) is 11.7 Å². The van der Waals surface area contributed by atoms with E-state index in [0.717, 1.165) is 10.5 Å². The van der Waals surface area contributed by atoms with Gasteiger partial charge in [-0.05, 0) is 29.8 Å². The molecule has 192 valence electrons. The van der Waals surface area contributed by atoms with Crippen LogP contribution in [0.4, 0.5) is 14.9 Å². The standard InChI is InChI=1S/C24H28FN5O5S/c1-29-21-19(23(32)30(2)24(29)33)22(28-20(27-21)13-5-7-14(25)8-6-13)36-12-18(31)26-16-10-9-15(34-3)11-17(16)35-4/h5-11,19-22,27-28H,12H2,1-4H3,(H,26,31). The minimum absolute atomic E-state index is 0.0286. The molecule has 2 aliphatic heterocycles. The maximum Gasteiger partial charge on any atom is 0.327 e. The van der Waals surface area contributed by atoms with E-state index in [1.54, 1.807) is 37.4 Å². The van der Waals surface area contributed by atoms with Crippen LogP contribution in [0.3, 0.4) is 0 Å². The molecule has 0 saturated carbocycles. The minimum Gasteiger partial charge on any atom is -0.497 e. The summed E-state index contributed by atoms with van der Waals surface area (Å²) in [7, 11) is 6.09. The SMILES string of the molecule is COc1ccc(NC(=O)CSC2NC(c3ccc(F)cc3)NC3C2C(=O)N(C)C(=O)N3C)c(OC)c1. The first kappa shape index (κ1) is 25.7. The molecule has 2 fully saturated rings. The molecule has 4 unspecified atom stereocenters. The van der Waals surface area contributed by atoms with Crippen molar-refractivity contribution < 1.29 is 28.2 Å². The van der Waals surface area contributed by atoms with E-state index < -0.39 is 29.7 Å². The fourth-order valence-corrected chi connectivity index (χ4v) is 5.41. The summed E-state index contributed by atoms with van der Waals surface area (Å²) in [6.45, 7) is 0. The molecule has 2 aromatic rings. The van der Waals surface area contributed by atoms with Gasteiger partial charge in [-0.3, -0.25) is 25.1 Å². The molecule has 4 rings (SSSR count). The van der Waals surface area contributed by atoms with E-state index in [2.05, 4.69) is 16.0 Å². The molecule has 2 aliphatic rings. The van der Waals surface area contributed by atoms with Crippen molar-refractivity contribution in [3.05, 3.63) is 53.8 Å². The van der Waals surface area contributed by atoms with Gasteiger partial charge in [0.1, 0.15) is 17.3 Å². The van der Waals surface area contributed by atoms with Crippen LogP contribution in [0.5, 0.6) is 11.5 Å². The van der Waals surface area contributed by atoms with Gasteiger partial charge in [0.2, 0.25) is 11.8 Å². The number of hydrogen-bond donors (Lipinski definition) is 3. The number of nitrogens with zero attached hydrogens (tertiary/aromatic N) is 2. The van der Waals surface area contributed by atoms with Crippen molar-refractivity contribution in [2.24, 2.45) is 5.92 Å². The number of anilines is 1. The number of urea groups is 1. The molecule has 12 heteroatoms. The first-order valence-corrected chi connectivity index (χ1v) is 12.2. The summed E-state index contributed by atoms with van der Waals surface area (Å²) in [4.78, 5) is 41.1. The lowest BCUT2D eigenvalue weighted by Gasteiger charge is -2.50. The summed E-state index contributed by atoms with van der Waals surface area (Å²) in [6, 6.07) is 10.6. The molecule has 0 aliphatic carbocycles. The minimum atomic E-state index is -0.650. The fourth-order valence-electron chi connectivity index (χ4n) is 4.30. The van der Waals surface area contributed by atoms with Crippen LogP contribution in [-0.4, -0.2) is 73.3 Å². The third kappa shape index (κ3) is 5.11. The van der Waals surface area contributed by atoms with Crippen LogP contribution in [-0.2, 0) is 9.59 Å². The Balaban J connectivity index is 1.52. The van der Waals surface area contributed by atoms with Gasteiger partial charge in [0.05, 0.1) is 49.3 Å². The third-order valence-electron chi connectivity index (χ3n) is 6.24. The van der Waals surface area contributed by atoms with Crippen molar-refractivity contribution >= 4 is 35.3 Å². The lowest BCUT2D eigenvalue weighted by atomic mass is 9.96. The zero-order valence-corrected chi connectivity index (χ0v) is 21.1. The number of ether oxygens (including phenoxy) is 2. The number of carbonyl (C=O) groups is 3. The van der Waals surface area contributed by atoms with Crippen molar-refractivity contribution in [3.63, 3.8) is 0 Å². The first-order valence-electron chi connectivity index (χ1n) is 11.2. The number of thioether (sulfide) groups is 1. The molecule has 3 N–H and O–H groups in total. The van der Waals surface area contributed by atoms with E-state index >= 15 is 0 Å². The second kappa shape index (κ2) is 10.7. The highest BCUT2D eigenvalue weighted by Gasteiger charge is 2.51. The van der Waals surface area contributed by atoms with Crippen molar-refractivity contribution in [1.29, 1.82) is 0 Å². The molecule has 0 bridgehead atoms. The first-order chi connectivity index (χ1) is 17.2. The number of carbonyl (C=O) groups excluding carboxylic acids is 3. The predicted octanol–water partition coefficient (Wildman–Crippen LogP) is 2.20. The van der Waals surface area contributed by atoms with Crippen molar-refractivity contribution in [3.8, 4) is 11.5 Å². The molecule has 0 aromatic heterocycles. The molecule has 4 atom stereocenters. The van der Waals surface area contributed by atoms with Gasteiger partial charge in [0.15, 0.2) is 0 Å². The molecular formula is C24H28FN5O5S. The summed E-state index contributed by atoms with van der Waals surface area (Å²) in [5.74, 6) is -0.590. The number of fused-ring (bicyclic) bond motifs is 1. The van der Waals surface area contributed by atoms with Gasteiger partial charge in [-0.25, -0.2) is 9.18 Å². The summed E-state index contributed by atoms with van der Waals surface area (Å²) >= 11 is 1.25. The average Bonchev–Trinajstić information content (AvgIpc) is 2.89. The number of amides is 4. The highest BCUT2D eigenvalue weighted by molar-refractivity contribution is 8.00. The quantitative estimate of drug-likeness (QED) is 0.513. The molecule has 10 nitrogen and oxygen atoms in total. The van der Waals surface area contributed by atoms with E-state index in [9.17, 15) is 18.8 Å². The van der Waals surface area contributed by atoms with E-state index in [1.165, 1.54) is 50.1 Å². The Hall–Kier alpha value is -3.35. The van der Waals surface area contributed by atoms with Gasteiger partial charge in [0.25, 0.3) is 0 Å². The summed E-state index contributed by atoms with van der Waals surface area (Å²) in [6.07, 6.45) is -1.08. The highest BCUT2D eigenvalue weighted by Crippen LogP contribution is 2.35. The monoisotopic (exact) mass is 517 g/mol. The lowest BCUT2D eigenvalue weighted by molar-refractivity contribution is -0.140. The van der Waals surface area contributed by atoms with Gasteiger partial charge >= 0.3 is 6.03 Å². The summed E-state index contributed by atoms with van der Waals surface area (Å²) < 4.78 is 24.0. The van der Waals surface area contributed by atoms with E-state index in [0.29, 0.717) is 17.2 Å². The van der Waals surface area contributed by atoms with Gasteiger partial charge in [-0.1, -0.05) is 12.1 Å². The van der Waals surface area contributed by atoms with Crippen molar-refractivity contribution in [1.82, 2.24) is 20.4 Å². The summed E-state index contributed by atoms with van der Waals surface area (Å²) in [5, 5.41) is 8.95. The Morgan fingerprint density at radius 2 is 1.81 bits per heavy atom. The molecular weight excluding hydrogens is 489 g/mol. The number of imide groups is 1. The van der Waals surface area contributed by atoms with Crippen LogP contribution in [0.2, 0.25) is 0 Å². The maximum atomic E-state index is 13.5. The topological polar surface area (TPSA) is 112 Å². The largest absolute Gasteiger partial charge is 0.497 e. The Kier molecular flexibility index (Phi) is 7.67. The molecule has 2 saturated heterocycles. The maximum absolute atomic E-state index is 13.5. The second-order valence-corrected chi connectivity index (χ2v) is 9.56. The van der Waals surface area contributed by atoms with Gasteiger partial charge in [-0.15, -0.1) is 11.8 Å². The Morgan fingerprint density at radius 3 is 2.47 bits per heavy atom. The number of rotatable bonds is 7. The Bertz CT molecular complexity index is 1150. The van der Waals surface area contributed by atoms with Crippen LogP contribution in [0.25, 0.3) is 0 Å². The fraction of sp³-hybridized carbons (Fsp3) is 0.375. The normalized spacial score (nSPS) is 23.8. The van der Waals surface area contributed by atoms with Gasteiger partial charge in [-0.2, -0.15) is 0 Å². The number of benzene rings is 2. The lowest BCUT2D eigenvalue weighted by Crippen LogP contribution is -2.72. The number of nitrogens with one attached hydrogen (secondary N) is 3. The molecule has 4 amide bonds. The predicted molar refractivity (Wildman–Crippen MR) is 133 cm³/mol. The van der Waals surface area contributed by atoms with E-state index in [4.69, 9.17) is 9.47 Å². The molecule has 2 heterocycles. The van der Waals surface area contributed by atoms with Crippen LogP contribution >= 0.6 is 11.8 Å². The van der Waals surface area contributed by atoms with Gasteiger partial charge in [0, 0.05) is 20.2 Å².